The van der Waals surface area contributed by atoms with E-state index in [0.717, 1.165) is 5.56 Å². The molecule has 3 rings (SSSR count). The molecule has 0 saturated carbocycles. The molecular weight excluding hydrogens is 405 g/mol. The van der Waals surface area contributed by atoms with Gasteiger partial charge in [-0.15, -0.1) is 0 Å². The molecule has 2 aromatic carbocycles. The Labute approximate surface area is 169 Å². The van der Waals surface area contributed by atoms with Crippen LogP contribution >= 0.6 is 23.2 Å². The molecule has 0 aliphatic heterocycles. The molecule has 0 aliphatic rings. The third-order valence-corrected chi connectivity index (χ3v) is 4.54. The summed E-state index contributed by atoms with van der Waals surface area (Å²) >= 11 is 11.9. The Kier molecular flexibility index (Phi) is 6.28. The van der Waals surface area contributed by atoms with Crippen LogP contribution in [0.2, 0.25) is 10.0 Å². The smallest absolute Gasteiger partial charge is 0.359 e. The largest absolute Gasteiger partial charge is 0.451 e. The lowest BCUT2D eigenvalue weighted by Crippen LogP contribution is -2.30. The second-order valence-electron chi connectivity index (χ2n) is 5.86. The Morgan fingerprint density at radius 1 is 1.11 bits per heavy atom. The molecule has 0 radical (unpaired) electrons. The lowest BCUT2D eigenvalue weighted by Gasteiger charge is -2.08. The molecule has 0 fully saturated rings. The number of halogens is 2. The fraction of sp³-hybridized carbons (Fsp3) is 0.158. The predicted octanol–water partition coefficient (Wildman–Crippen LogP) is 2.75. The van der Waals surface area contributed by atoms with Crippen LogP contribution in [0.25, 0.3) is 10.8 Å². The summed E-state index contributed by atoms with van der Waals surface area (Å²) in [6, 6.07) is 11.6. The number of hydrogen-bond donors (Lipinski definition) is 2. The van der Waals surface area contributed by atoms with Crippen molar-refractivity contribution in [1.29, 1.82) is 0 Å². The summed E-state index contributed by atoms with van der Waals surface area (Å²) in [5, 5.41) is 10.3. The molecule has 0 bridgehead atoms. The van der Waals surface area contributed by atoms with Crippen LogP contribution in [0, 0.1) is 0 Å². The number of aromatic amines is 1. The van der Waals surface area contributed by atoms with Crippen LogP contribution in [-0.4, -0.2) is 35.2 Å². The van der Waals surface area contributed by atoms with Gasteiger partial charge in [0.25, 0.3) is 11.5 Å². The molecular formula is C19H15Cl2N3O4. The van der Waals surface area contributed by atoms with Crippen molar-refractivity contribution in [2.45, 2.75) is 6.42 Å². The van der Waals surface area contributed by atoms with Crippen LogP contribution in [0.3, 0.4) is 0 Å². The van der Waals surface area contributed by atoms with Crippen LogP contribution < -0.4 is 10.9 Å². The Bertz CT molecular complexity index is 1100. The maximum atomic E-state index is 12.2. The summed E-state index contributed by atoms with van der Waals surface area (Å²) in [6.07, 6.45) is 0.502. The molecule has 2 N–H and O–H groups in total. The number of nitrogens with zero attached hydrogens (tertiary/aromatic N) is 1. The van der Waals surface area contributed by atoms with Gasteiger partial charge in [-0.1, -0.05) is 47.5 Å². The Balaban J connectivity index is 1.54. The topological polar surface area (TPSA) is 101 Å². The van der Waals surface area contributed by atoms with E-state index in [1.54, 1.807) is 42.5 Å². The van der Waals surface area contributed by atoms with E-state index in [1.807, 2.05) is 0 Å². The average Bonchev–Trinajstić information content (AvgIpc) is 2.68. The van der Waals surface area contributed by atoms with Crippen molar-refractivity contribution in [3.05, 3.63) is 74.1 Å². The Morgan fingerprint density at radius 2 is 1.86 bits per heavy atom. The van der Waals surface area contributed by atoms with Gasteiger partial charge in [0.15, 0.2) is 12.3 Å². The molecule has 1 heterocycles. The quantitative estimate of drug-likeness (QED) is 0.598. The molecule has 144 valence electrons. The van der Waals surface area contributed by atoms with Crippen LogP contribution in [0.1, 0.15) is 16.1 Å². The van der Waals surface area contributed by atoms with Gasteiger partial charge < -0.3 is 10.1 Å². The number of fused-ring (bicyclic) bond motifs is 1. The fourth-order valence-corrected chi connectivity index (χ4v) is 3.08. The third kappa shape index (κ3) is 4.68. The predicted molar refractivity (Wildman–Crippen MR) is 106 cm³/mol. The van der Waals surface area contributed by atoms with E-state index in [9.17, 15) is 14.4 Å². The van der Waals surface area contributed by atoms with Gasteiger partial charge in [0, 0.05) is 22.0 Å². The minimum atomic E-state index is -0.802. The number of esters is 1. The number of amides is 1. The maximum Gasteiger partial charge on any atom is 0.359 e. The minimum absolute atomic E-state index is 0.0593. The zero-order chi connectivity index (χ0) is 20.1. The van der Waals surface area contributed by atoms with E-state index >= 15 is 0 Å². The SMILES string of the molecule is O=C(COC(=O)c1n[nH]c(=O)c2ccccc12)NCCc1ccc(Cl)cc1Cl. The highest BCUT2D eigenvalue weighted by molar-refractivity contribution is 6.35. The number of nitrogens with one attached hydrogen (secondary N) is 2. The van der Waals surface area contributed by atoms with Gasteiger partial charge in [-0.2, -0.15) is 5.10 Å². The molecule has 7 nitrogen and oxygen atoms in total. The second kappa shape index (κ2) is 8.86. The standard InChI is InChI=1S/C19H15Cl2N3O4/c20-12-6-5-11(15(21)9-12)7-8-22-16(25)10-28-19(27)17-13-3-1-2-4-14(13)18(26)24-23-17/h1-6,9H,7-8,10H2,(H,22,25)(H,24,26). The molecule has 3 aromatic rings. The van der Waals surface area contributed by atoms with Crippen LogP contribution in [0.15, 0.2) is 47.3 Å². The number of carbonyl (C=O) groups excluding carboxylic acids is 2. The highest BCUT2D eigenvalue weighted by Crippen LogP contribution is 2.21. The van der Waals surface area contributed by atoms with Crippen molar-refractivity contribution in [3.63, 3.8) is 0 Å². The van der Waals surface area contributed by atoms with Gasteiger partial charge in [0.1, 0.15) is 0 Å². The van der Waals surface area contributed by atoms with Crippen molar-refractivity contribution in [1.82, 2.24) is 15.5 Å². The summed E-state index contributed by atoms with van der Waals surface area (Å²) in [7, 11) is 0. The Morgan fingerprint density at radius 3 is 2.61 bits per heavy atom. The molecule has 1 amide bonds. The first-order valence-corrected chi connectivity index (χ1v) is 9.06. The van der Waals surface area contributed by atoms with Crippen molar-refractivity contribution in [3.8, 4) is 0 Å². The fourth-order valence-electron chi connectivity index (χ4n) is 2.58. The van der Waals surface area contributed by atoms with Crippen molar-refractivity contribution in [2.75, 3.05) is 13.2 Å². The summed E-state index contributed by atoms with van der Waals surface area (Å²) in [4.78, 5) is 35.9. The lowest BCUT2D eigenvalue weighted by molar-refractivity contribution is -0.124. The third-order valence-electron chi connectivity index (χ3n) is 3.96. The number of hydrogen-bond acceptors (Lipinski definition) is 5. The minimum Gasteiger partial charge on any atom is -0.451 e. The van der Waals surface area contributed by atoms with E-state index in [1.165, 1.54) is 0 Å². The number of ether oxygens (including phenoxy) is 1. The maximum absolute atomic E-state index is 12.2. The van der Waals surface area contributed by atoms with Gasteiger partial charge in [0.2, 0.25) is 0 Å². The number of carbonyl (C=O) groups is 2. The molecule has 0 atom stereocenters. The van der Waals surface area contributed by atoms with Crippen molar-refractivity contribution in [2.24, 2.45) is 0 Å². The summed E-state index contributed by atoms with van der Waals surface area (Å²) < 4.78 is 5.00. The average molecular weight is 420 g/mol. The van der Waals surface area contributed by atoms with Gasteiger partial charge in [-0.3, -0.25) is 9.59 Å². The molecule has 0 aliphatic carbocycles. The van der Waals surface area contributed by atoms with E-state index in [-0.39, 0.29) is 5.69 Å². The van der Waals surface area contributed by atoms with Gasteiger partial charge >= 0.3 is 5.97 Å². The number of H-pyrrole nitrogens is 1. The highest BCUT2D eigenvalue weighted by Gasteiger charge is 2.16. The van der Waals surface area contributed by atoms with Crippen LogP contribution in [-0.2, 0) is 16.0 Å². The lowest BCUT2D eigenvalue weighted by atomic mass is 10.1. The summed E-state index contributed by atoms with van der Waals surface area (Å²) in [5.41, 5.74) is 0.369. The molecule has 9 heteroatoms. The Hall–Kier alpha value is -2.90. The number of aromatic nitrogens is 2. The van der Waals surface area contributed by atoms with Gasteiger partial charge in [0.05, 0.1) is 5.39 Å². The zero-order valence-corrected chi connectivity index (χ0v) is 16.0. The normalized spacial score (nSPS) is 10.6. The van der Waals surface area contributed by atoms with Crippen molar-refractivity contribution >= 4 is 45.9 Å². The van der Waals surface area contributed by atoms with Gasteiger partial charge in [-0.25, -0.2) is 9.89 Å². The first-order chi connectivity index (χ1) is 13.5. The summed E-state index contributed by atoms with van der Waals surface area (Å²) in [5.74, 6) is -1.27. The van der Waals surface area contributed by atoms with E-state index in [4.69, 9.17) is 27.9 Å². The zero-order valence-electron chi connectivity index (χ0n) is 14.5. The number of benzene rings is 2. The first kappa shape index (κ1) is 19.9. The summed E-state index contributed by atoms with van der Waals surface area (Å²) in [6.45, 7) is -0.153. The van der Waals surface area contributed by atoms with E-state index in [0.29, 0.717) is 33.8 Å². The van der Waals surface area contributed by atoms with E-state index in [2.05, 4.69) is 15.5 Å². The molecule has 28 heavy (non-hydrogen) atoms. The van der Waals surface area contributed by atoms with Crippen molar-refractivity contribution < 1.29 is 14.3 Å². The van der Waals surface area contributed by atoms with Crippen LogP contribution in [0.4, 0.5) is 0 Å². The van der Waals surface area contributed by atoms with Gasteiger partial charge in [-0.05, 0) is 30.2 Å². The second-order valence-corrected chi connectivity index (χ2v) is 6.70. The molecule has 1 aromatic heterocycles. The molecule has 0 saturated heterocycles. The number of rotatable bonds is 6. The highest BCUT2D eigenvalue weighted by atomic mass is 35.5. The first-order valence-electron chi connectivity index (χ1n) is 8.31. The van der Waals surface area contributed by atoms with E-state index < -0.39 is 24.0 Å². The van der Waals surface area contributed by atoms with Crippen LogP contribution in [0.5, 0.6) is 0 Å². The molecule has 0 unspecified atom stereocenters. The monoisotopic (exact) mass is 419 g/mol. The molecule has 0 spiro atoms.